The van der Waals surface area contributed by atoms with E-state index in [1.54, 1.807) is 31.5 Å². The molecule has 0 fully saturated rings. The lowest BCUT2D eigenvalue weighted by molar-refractivity contribution is 0.415. The van der Waals surface area contributed by atoms with Gasteiger partial charge in [0.15, 0.2) is 0 Å². The smallest absolute Gasteiger partial charge is 0.240 e. The van der Waals surface area contributed by atoms with Crippen LogP contribution in [0.15, 0.2) is 78.0 Å². The summed E-state index contributed by atoms with van der Waals surface area (Å²) in [6.45, 7) is 2.15. The lowest BCUT2D eigenvalue weighted by Crippen LogP contribution is -2.23. The molecule has 148 valence electrons. The summed E-state index contributed by atoms with van der Waals surface area (Å²) in [5, 5.41) is 1.77. The second-order valence-corrected chi connectivity index (χ2v) is 8.48. The van der Waals surface area contributed by atoms with Crippen LogP contribution in [0.1, 0.15) is 11.4 Å². The number of aromatic nitrogens is 2. The Morgan fingerprint density at radius 3 is 2.41 bits per heavy atom. The van der Waals surface area contributed by atoms with Crippen LogP contribution < -0.4 is 9.46 Å². The highest BCUT2D eigenvalue weighted by Gasteiger charge is 2.14. The number of nitrogens with zero attached hydrogens (tertiary/aromatic N) is 2. The van der Waals surface area contributed by atoms with Crippen LogP contribution >= 0.6 is 0 Å². The molecule has 0 saturated carbocycles. The maximum Gasteiger partial charge on any atom is 0.240 e. The normalized spacial score (nSPS) is 11.7. The number of imidazole rings is 1. The van der Waals surface area contributed by atoms with Crippen LogP contribution in [0.4, 0.5) is 0 Å². The third kappa shape index (κ3) is 4.01. The Morgan fingerprint density at radius 1 is 1.00 bits per heavy atom. The average Bonchev–Trinajstić information content (AvgIpc) is 3.17. The van der Waals surface area contributed by atoms with Crippen molar-refractivity contribution in [2.24, 2.45) is 0 Å². The summed E-state index contributed by atoms with van der Waals surface area (Å²) in [5.41, 5.74) is 1.86. The lowest BCUT2D eigenvalue weighted by Gasteiger charge is -2.10. The van der Waals surface area contributed by atoms with Crippen molar-refractivity contribution in [1.82, 2.24) is 14.3 Å². The number of methoxy groups -OCH3 is 1. The van der Waals surface area contributed by atoms with Gasteiger partial charge in [0, 0.05) is 24.6 Å². The molecule has 0 aliphatic carbocycles. The fraction of sp³-hybridized carbons (Fsp3) is 0.136. The number of benzene rings is 3. The first-order chi connectivity index (χ1) is 14.0. The number of hydrogen-bond acceptors (Lipinski definition) is 4. The molecule has 0 amide bonds. The van der Waals surface area contributed by atoms with E-state index in [9.17, 15) is 8.42 Å². The zero-order valence-electron chi connectivity index (χ0n) is 16.2. The Labute approximate surface area is 169 Å². The molecule has 0 saturated heterocycles. The summed E-state index contributed by atoms with van der Waals surface area (Å²) in [7, 11) is -2.02. The van der Waals surface area contributed by atoms with Gasteiger partial charge in [-0.1, -0.05) is 24.3 Å². The highest BCUT2D eigenvalue weighted by atomic mass is 32.2. The van der Waals surface area contributed by atoms with Crippen LogP contribution in [0, 0.1) is 6.92 Å². The first-order valence-corrected chi connectivity index (χ1v) is 10.6. The molecule has 0 atom stereocenters. The monoisotopic (exact) mass is 407 g/mol. The molecule has 0 unspecified atom stereocenters. The fourth-order valence-electron chi connectivity index (χ4n) is 3.18. The fourth-order valence-corrected chi connectivity index (χ4v) is 4.24. The first kappa shape index (κ1) is 19.2. The quantitative estimate of drug-likeness (QED) is 0.527. The second-order valence-electron chi connectivity index (χ2n) is 6.71. The summed E-state index contributed by atoms with van der Waals surface area (Å²) in [6, 6.07) is 18.3. The van der Waals surface area contributed by atoms with E-state index in [1.807, 2.05) is 60.2 Å². The summed E-state index contributed by atoms with van der Waals surface area (Å²) < 4.78 is 35.3. The third-order valence-corrected chi connectivity index (χ3v) is 6.23. The van der Waals surface area contributed by atoms with Crippen LogP contribution in [0.2, 0.25) is 0 Å². The van der Waals surface area contributed by atoms with E-state index in [0.717, 1.165) is 33.6 Å². The van der Waals surface area contributed by atoms with Gasteiger partial charge in [-0.25, -0.2) is 18.1 Å². The van der Waals surface area contributed by atoms with Gasteiger partial charge in [0.25, 0.3) is 0 Å². The molecule has 3 aromatic carbocycles. The molecule has 7 heteroatoms. The number of ether oxygens (including phenoxy) is 1. The van der Waals surface area contributed by atoms with E-state index in [0.29, 0.717) is 0 Å². The van der Waals surface area contributed by atoms with Gasteiger partial charge in [-0.15, -0.1) is 0 Å². The number of aryl methyl sites for hydroxylation is 1. The van der Waals surface area contributed by atoms with Crippen molar-refractivity contribution in [2.75, 3.05) is 7.11 Å². The molecule has 0 spiro atoms. The number of sulfonamides is 1. The number of fused-ring (bicyclic) bond motifs is 1. The predicted octanol–water partition coefficient (Wildman–Crippen LogP) is 3.82. The minimum absolute atomic E-state index is 0.214. The highest BCUT2D eigenvalue weighted by molar-refractivity contribution is 7.89. The van der Waals surface area contributed by atoms with Crippen LogP contribution in [0.3, 0.4) is 0 Å². The molecular formula is C22H21N3O3S. The molecule has 6 nitrogen and oxygen atoms in total. The molecular weight excluding hydrogens is 386 g/mol. The molecule has 4 aromatic rings. The standard InChI is InChI=1S/C22H21N3O3S/c1-16-23-11-12-25(16)20-7-3-17(4-8-20)15-24-29(26,27)22-10-6-18-13-21(28-2)9-5-19(18)14-22/h3-14,24H,15H2,1-2H3. The van der Waals surface area contributed by atoms with E-state index in [1.165, 1.54) is 0 Å². The van der Waals surface area contributed by atoms with Crippen molar-refractivity contribution in [1.29, 1.82) is 0 Å². The van der Waals surface area contributed by atoms with Crippen molar-refractivity contribution >= 4 is 20.8 Å². The number of rotatable bonds is 6. The number of nitrogens with one attached hydrogen (secondary N) is 1. The van der Waals surface area contributed by atoms with Gasteiger partial charge in [0.05, 0.1) is 12.0 Å². The largest absolute Gasteiger partial charge is 0.497 e. The van der Waals surface area contributed by atoms with Crippen molar-refractivity contribution in [3.63, 3.8) is 0 Å². The van der Waals surface area contributed by atoms with Gasteiger partial charge in [0.1, 0.15) is 11.6 Å². The van der Waals surface area contributed by atoms with Crippen LogP contribution in [0.25, 0.3) is 16.5 Å². The third-order valence-electron chi connectivity index (χ3n) is 4.84. The van der Waals surface area contributed by atoms with Gasteiger partial charge in [-0.2, -0.15) is 0 Å². The highest BCUT2D eigenvalue weighted by Crippen LogP contribution is 2.23. The molecule has 0 radical (unpaired) electrons. The van der Waals surface area contributed by atoms with E-state index in [-0.39, 0.29) is 11.4 Å². The molecule has 1 aromatic heterocycles. The van der Waals surface area contributed by atoms with Crippen molar-refractivity contribution in [3.05, 3.63) is 84.4 Å². The topological polar surface area (TPSA) is 73.2 Å². The molecule has 0 aliphatic rings. The van der Waals surface area contributed by atoms with Crippen LogP contribution in [-0.2, 0) is 16.6 Å². The molecule has 0 bridgehead atoms. The predicted molar refractivity (Wildman–Crippen MR) is 113 cm³/mol. The molecule has 0 aliphatic heterocycles. The van der Waals surface area contributed by atoms with Gasteiger partial charge >= 0.3 is 0 Å². The van der Waals surface area contributed by atoms with E-state index >= 15 is 0 Å². The molecule has 4 rings (SSSR count). The second kappa shape index (κ2) is 7.69. The van der Waals surface area contributed by atoms with Gasteiger partial charge in [0.2, 0.25) is 10.0 Å². The maximum atomic E-state index is 12.7. The number of hydrogen-bond donors (Lipinski definition) is 1. The Balaban J connectivity index is 1.50. The van der Waals surface area contributed by atoms with Crippen molar-refractivity contribution < 1.29 is 13.2 Å². The molecule has 1 heterocycles. The van der Waals surface area contributed by atoms with E-state index in [4.69, 9.17) is 4.74 Å². The molecule has 1 N–H and O–H groups in total. The zero-order chi connectivity index (χ0) is 20.4. The summed E-state index contributed by atoms with van der Waals surface area (Å²) in [4.78, 5) is 4.45. The Bertz CT molecular complexity index is 1260. The van der Waals surface area contributed by atoms with E-state index < -0.39 is 10.0 Å². The Morgan fingerprint density at radius 2 is 1.72 bits per heavy atom. The zero-order valence-corrected chi connectivity index (χ0v) is 17.0. The Kier molecular flexibility index (Phi) is 5.08. The summed E-state index contributed by atoms with van der Waals surface area (Å²) in [6.07, 6.45) is 3.64. The minimum Gasteiger partial charge on any atom is -0.497 e. The van der Waals surface area contributed by atoms with Crippen molar-refractivity contribution in [2.45, 2.75) is 18.4 Å². The maximum absolute atomic E-state index is 12.7. The SMILES string of the molecule is COc1ccc2cc(S(=O)(=O)NCc3ccc(-n4ccnc4C)cc3)ccc2c1. The minimum atomic E-state index is -3.62. The summed E-state index contributed by atoms with van der Waals surface area (Å²) >= 11 is 0. The van der Waals surface area contributed by atoms with Crippen LogP contribution in [0.5, 0.6) is 5.75 Å². The summed E-state index contributed by atoms with van der Waals surface area (Å²) in [5.74, 6) is 1.63. The first-order valence-electron chi connectivity index (χ1n) is 9.13. The van der Waals surface area contributed by atoms with Crippen molar-refractivity contribution in [3.8, 4) is 11.4 Å². The van der Waals surface area contributed by atoms with Gasteiger partial charge in [-0.05, 0) is 59.7 Å². The molecule has 29 heavy (non-hydrogen) atoms. The Hall–Kier alpha value is -3.16. The van der Waals surface area contributed by atoms with Gasteiger partial charge < -0.3 is 9.30 Å². The van der Waals surface area contributed by atoms with Crippen LogP contribution in [-0.4, -0.2) is 25.1 Å². The lowest BCUT2D eigenvalue weighted by atomic mass is 10.1. The van der Waals surface area contributed by atoms with E-state index in [2.05, 4.69) is 9.71 Å². The van der Waals surface area contributed by atoms with Gasteiger partial charge in [-0.3, -0.25) is 0 Å². The average molecular weight is 407 g/mol.